The van der Waals surface area contributed by atoms with Crippen molar-refractivity contribution < 1.29 is 0 Å². The Morgan fingerprint density at radius 3 is 2.86 bits per heavy atom. The van der Waals surface area contributed by atoms with Crippen molar-refractivity contribution in [2.24, 2.45) is 0 Å². The van der Waals surface area contributed by atoms with Gasteiger partial charge in [0.15, 0.2) is 0 Å². The first-order valence-electron chi connectivity index (χ1n) is 2.14. The van der Waals surface area contributed by atoms with Crippen molar-refractivity contribution >= 4 is 24.8 Å². The molecule has 1 rings (SSSR count). The molecular formula is C3H7N2S2. The Morgan fingerprint density at radius 1 is 2.00 bits per heavy atom. The summed E-state index contributed by atoms with van der Waals surface area (Å²) in [7, 11) is 0. The maximum absolute atomic E-state index is 4.81. The van der Waals surface area contributed by atoms with Crippen LogP contribution in [0.3, 0.4) is 0 Å². The average Bonchev–Trinajstić information content (AvgIpc) is 1.87. The van der Waals surface area contributed by atoms with Crippen LogP contribution in [0.1, 0.15) is 6.92 Å². The molecule has 1 heterocycles. The molecule has 0 aliphatic carbocycles. The van der Waals surface area contributed by atoms with Crippen LogP contribution < -0.4 is 5.32 Å². The molecule has 7 heavy (non-hydrogen) atoms. The Balaban J connectivity index is 2.26. The van der Waals surface area contributed by atoms with Gasteiger partial charge in [0.2, 0.25) is 0 Å². The van der Waals surface area contributed by atoms with Crippen LogP contribution in [-0.2, 0) is 0 Å². The van der Waals surface area contributed by atoms with Crippen molar-refractivity contribution in [3.05, 3.63) is 0 Å². The predicted molar refractivity (Wildman–Crippen MR) is 34.5 cm³/mol. The van der Waals surface area contributed by atoms with E-state index >= 15 is 0 Å². The highest BCUT2D eigenvalue weighted by Gasteiger charge is 2.14. The summed E-state index contributed by atoms with van der Waals surface area (Å²) in [5.74, 6) is 0. The second-order valence-corrected chi connectivity index (χ2v) is 3.47. The molecule has 0 bridgehead atoms. The Bertz CT molecular complexity index is 60.0. The zero-order valence-corrected chi connectivity index (χ0v) is 5.68. The molecule has 0 aromatic rings. The summed E-state index contributed by atoms with van der Waals surface area (Å²) in [6.45, 7) is 2.93. The SMILES string of the molecule is CC1NCN([S])S1. The highest BCUT2D eigenvalue weighted by molar-refractivity contribution is 8.06. The number of nitrogens with zero attached hydrogens (tertiary/aromatic N) is 1. The van der Waals surface area contributed by atoms with Gasteiger partial charge in [0.25, 0.3) is 0 Å². The van der Waals surface area contributed by atoms with Crippen molar-refractivity contribution in [3.63, 3.8) is 0 Å². The summed E-state index contributed by atoms with van der Waals surface area (Å²) < 4.78 is 1.77. The maximum atomic E-state index is 4.81. The van der Waals surface area contributed by atoms with E-state index in [9.17, 15) is 0 Å². The largest absolute Gasteiger partial charge is 0.290 e. The molecule has 2 nitrogen and oxygen atoms in total. The van der Waals surface area contributed by atoms with Gasteiger partial charge in [-0.3, -0.25) is 5.32 Å². The van der Waals surface area contributed by atoms with Crippen molar-refractivity contribution in [1.82, 2.24) is 9.03 Å². The minimum absolute atomic E-state index is 0.512. The van der Waals surface area contributed by atoms with Crippen LogP contribution in [0, 0.1) is 0 Å². The molecule has 1 fully saturated rings. The van der Waals surface area contributed by atoms with E-state index in [0.29, 0.717) is 5.37 Å². The summed E-state index contributed by atoms with van der Waals surface area (Å²) in [4.78, 5) is 0. The fourth-order valence-corrected chi connectivity index (χ4v) is 1.57. The molecule has 1 unspecified atom stereocenters. The molecule has 0 amide bonds. The molecule has 0 aromatic carbocycles. The Kier molecular flexibility index (Phi) is 1.86. The number of hydrogen-bond donors (Lipinski definition) is 1. The molecule has 1 atom stereocenters. The number of rotatable bonds is 0. The Labute approximate surface area is 53.3 Å². The molecular weight excluding hydrogens is 128 g/mol. The van der Waals surface area contributed by atoms with Gasteiger partial charge in [0, 0.05) is 12.8 Å². The summed E-state index contributed by atoms with van der Waals surface area (Å²) in [5, 5.41) is 3.67. The van der Waals surface area contributed by atoms with E-state index in [2.05, 4.69) is 12.2 Å². The highest BCUT2D eigenvalue weighted by atomic mass is 32.2. The van der Waals surface area contributed by atoms with Gasteiger partial charge in [0.05, 0.1) is 12.0 Å². The predicted octanol–water partition coefficient (Wildman–Crippen LogP) is 0.956. The van der Waals surface area contributed by atoms with Gasteiger partial charge in [-0.2, -0.15) is 3.71 Å². The zero-order chi connectivity index (χ0) is 5.28. The van der Waals surface area contributed by atoms with E-state index in [1.807, 2.05) is 0 Å². The smallest absolute Gasteiger partial charge is 0.0711 e. The van der Waals surface area contributed by atoms with Gasteiger partial charge in [-0.15, -0.1) is 0 Å². The van der Waals surface area contributed by atoms with Gasteiger partial charge in [-0.1, -0.05) is 0 Å². The molecule has 0 aromatic heterocycles. The van der Waals surface area contributed by atoms with E-state index in [4.69, 9.17) is 12.8 Å². The molecule has 4 heteroatoms. The normalized spacial score (nSPS) is 34.3. The van der Waals surface area contributed by atoms with Gasteiger partial charge in [-0.25, -0.2) is 0 Å². The highest BCUT2D eigenvalue weighted by Crippen LogP contribution is 2.21. The Morgan fingerprint density at radius 2 is 2.71 bits per heavy atom. The third-order valence-corrected chi connectivity index (χ3v) is 2.02. The van der Waals surface area contributed by atoms with Gasteiger partial charge < -0.3 is 0 Å². The minimum atomic E-state index is 0.512. The molecule has 1 radical (unpaired) electrons. The third-order valence-electron chi connectivity index (χ3n) is 0.784. The first kappa shape index (κ1) is 5.75. The maximum Gasteiger partial charge on any atom is 0.0711 e. The van der Waals surface area contributed by atoms with Crippen LogP contribution >= 0.6 is 24.8 Å². The first-order chi connectivity index (χ1) is 3.29. The second-order valence-electron chi connectivity index (χ2n) is 1.44. The Hall–Kier alpha value is 0.620. The minimum Gasteiger partial charge on any atom is -0.290 e. The topological polar surface area (TPSA) is 15.3 Å². The fraction of sp³-hybridized carbons (Fsp3) is 1.00. The first-order valence-corrected chi connectivity index (χ1v) is 3.34. The van der Waals surface area contributed by atoms with E-state index < -0.39 is 0 Å². The van der Waals surface area contributed by atoms with Crippen LogP contribution in [0.4, 0.5) is 0 Å². The van der Waals surface area contributed by atoms with E-state index in [0.717, 1.165) is 6.67 Å². The average molecular weight is 135 g/mol. The van der Waals surface area contributed by atoms with Crippen molar-refractivity contribution in [3.8, 4) is 0 Å². The third kappa shape index (κ3) is 1.53. The van der Waals surface area contributed by atoms with E-state index in [1.165, 1.54) is 0 Å². The summed E-state index contributed by atoms with van der Waals surface area (Å²) in [5.41, 5.74) is 0. The lowest BCUT2D eigenvalue weighted by Crippen LogP contribution is -2.16. The lowest BCUT2D eigenvalue weighted by atomic mass is 10.7. The molecule has 0 spiro atoms. The van der Waals surface area contributed by atoms with Crippen LogP contribution in [0.25, 0.3) is 0 Å². The van der Waals surface area contributed by atoms with Gasteiger partial charge in [0.1, 0.15) is 0 Å². The molecule has 1 saturated heterocycles. The van der Waals surface area contributed by atoms with Crippen LogP contribution in [0.15, 0.2) is 0 Å². The summed E-state index contributed by atoms with van der Waals surface area (Å²) in [6.07, 6.45) is 0. The van der Waals surface area contributed by atoms with Crippen molar-refractivity contribution in [2.45, 2.75) is 12.3 Å². The molecule has 41 valence electrons. The van der Waals surface area contributed by atoms with Crippen molar-refractivity contribution in [1.29, 1.82) is 0 Å². The van der Waals surface area contributed by atoms with E-state index in [-0.39, 0.29) is 0 Å². The molecule has 1 aliphatic rings. The number of nitrogens with one attached hydrogen (secondary N) is 1. The fourth-order valence-electron chi connectivity index (χ4n) is 0.454. The second kappa shape index (κ2) is 2.26. The van der Waals surface area contributed by atoms with Crippen LogP contribution in [0.5, 0.6) is 0 Å². The molecule has 0 saturated carbocycles. The monoisotopic (exact) mass is 135 g/mol. The van der Waals surface area contributed by atoms with E-state index in [1.54, 1.807) is 15.7 Å². The van der Waals surface area contributed by atoms with Crippen molar-refractivity contribution in [2.75, 3.05) is 6.67 Å². The lowest BCUT2D eigenvalue weighted by Gasteiger charge is -1.96. The van der Waals surface area contributed by atoms with Crippen LogP contribution in [-0.4, -0.2) is 15.8 Å². The zero-order valence-electron chi connectivity index (χ0n) is 4.05. The summed E-state index contributed by atoms with van der Waals surface area (Å²) >= 11 is 6.47. The standard InChI is InChI=1S/C3H7N2S2/c1-3-4-2-5(6)7-3/h3-4H,2H2,1H3. The van der Waals surface area contributed by atoms with Gasteiger partial charge in [-0.05, 0) is 18.9 Å². The molecule has 1 N–H and O–H groups in total. The van der Waals surface area contributed by atoms with Gasteiger partial charge >= 0.3 is 0 Å². The number of hydrogen-bond acceptors (Lipinski definition) is 3. The molecule has 1 aliphatic heterocycles. The van der Waals surface area contributed by atoms with Crippen LogP contribution in [0.2, 0.25) is 0 Å². The lowest BCUT2D eigenvalue weighted by molar-refractivity contribution is 0.649. The quantitative estimate of drug-likeness (QED) is 0.498. The summed E-state index contributed by atoms with van der Waals surface area (Å²) in [6, 6.07) is 0.